The van der Waals surface area contributed by atoms with Gasteiger partial charge in [-0.2, -0.15) is 10.4 Å². The molecule has 0 radical (unpaired) electrons. The third kappa shape index (κ3) is 1.67. The first-order valence-corrected chi connectivity index (χ1v) is 4.53. The highest BCUT2D eigenvalue weighted by molar-refractivity contribution is 5.45. The SMILES string of the molecule is Cc1cc(N)n(-c2ccc(C#N)cc2)n1. The summed E-state index contributed by atoms with van der Waals surface area (Å²) in [5.74, 6) is 0.595. The van der Waals surface area contributed by atoms with Gasteiger partial charge in [0.15, 0.2) is 0 Å². The van der Waals surface area contributed by atoms with Crippen LogP contribution in [0.2, 0.25) is 0 Å². The fourth-order valence-electron chi connectivity index (χ4n) is 1.40. The minimum atomic E-state index is 0.595. The van der Waals surface area contributed by atoms with Crippen molar-refractivity contribution in [2.45, 2.75) is 6.92 Å². The van der Waals surface area contributed by atoms with E-state index in [4.69, 9.17) is 11.0 Å². The van der Waals surface area contributed by atoms with Crippen molar-refractivity contribution in [3.8, 4) is 11.8 Å². The van der Waals surface area contributed by atoms with Crippen LogP contribution < -0.4 is 5.73 Å². The number of nitrogens with zero attached hydrogens (tertiary/aromatic N) is 3. The lowest BCUT2D eigenvalue weighted by Crippen LogP contribution is -2.01. The van der Waals surface area contributed by atoms with Gasteiger partial charge in [-0.25, -0.2) is 4.68 Å². The number of nitrogen functional groups attached to an aromatic ring is 1. The molecule has 2 rings (SSSR count). The van der Waals surface area contributed by atoms with Crippen molar-refractivity contribution >= 4 is 5.82 Å². The first-order valence-electron chi connectivity index (χ1n) is 4.53. The van der Waals surface area contributed by atoms with E-state index in [2.05, 4.69) is 11.2 Å². The molecule has 0 bridgehead atoms. The number of hydrogen-bond acceptors (Lipinski definition) is 3. The van der Waals surface area contributed by atoms with Crippen molar-refractivity contribution in [2.24, 2.45) is 0 Å². The molecule has 0 aliphatic carbocycles. The van der Waals surface area contributed by atoms with E-state index in [-0.39, 0.29) is 0 Å². The molecule has 1 aromatic carbocycles. The molecule has 2 aromatic rings. The van der Waals surface area contributed by atoms with Crippen LogP contribution in [0.4, 0.5) is 5.82 Å². The van der Waals surface area contributed by atoms with Gasteiger partial charge in [-0.1, -0.05) is 0 Å². The Bertz CT molecular complexity index is 517. The molecule has 4 nitrogen and oxygen atoms in total. The third-order valence-electron chi connectivity index (χ3n) is 2.10. The topological polar surface area (TPSA) is 67.6 Å². The number of aromatic nitrogens is 2. The van der Waals surface area contributed by atoms with E-state index in [0.29, 0.717) is 11.4 Å². The van der Waals surface area contributed by atoms with E-state index in [0.717, 1.165) is 11.4 Å². The molecular formula is C11H10N4. The summed E-state index contributed by atoms with van der Waals surface area (Å²) in [6.07, 6.45) is 0. The molecule has 0 saturated heterocycles. The fraction of sp³-hybridized carbons (Fsp3) is 0.0909. The highest BCUT2D eigenvalue weighted by atomic mass is 15.3. The Morgan fingerprint density at radius 2 is 2.00 bits per heavy atom. The van der Waals surface area contributed by atoms with Crippen molar-refractivity contribution in [1.82, 2.24) is 9.78 Å². The molecule has 74 valence electrons. The summed E-state index contributed by atoms with van der Waals surface area (Å²) in [7, 11) is 0. The summed E-state index contributed by atoms with van der Waals surface area (Å²) < 4.78 is 1.65. The Morgan fingerprint density at radius 3 is 2.47 bits per heavy atom. The molecule has 15 heavy (non-hydrogen) atoms. The predicted molar refractivity (Wildman–Crippen MR) is 57.4 cm³/mol. The molecule has 1 aromatic heterocycles. The zero-order chi connectivity index (χ0) is 10.8. The first-order chi connectivity index (χ1) is 7.20. The van der Waals surface area contributed by atoms with Gasteiger partial charge in [-0.3, -0.25) is 0 Å². The van der Waals surface area contributed by atoms with Crippen LogP contribution in [0.15, 0.2) is 30.3 Å². The van der Waals surface area contributed by atoms with Crippen molar-refractivity contribution in [1.29, 1.82) is 5.26 Å². The summed E-state index contributed by atoms with van der Waals surface area (Å²) >= 11 is 0. The molecule has 0 spiro atoms. The zero-order valence-corrected chi connectivity index (χ0v) is 8.31. The lowest BCUT2D eigenvalue weighted by molar-refractivity contribution is 0.872. The third-order valence-corrected chi connectivity index (χ3v) is 2.10. The lowest BCUT2D eigenvalue weighted by atomic mass is 10.2. The molecule has 4 heteroatoms. The standard InChI is InChI=1S/C11H10N4/c1-8-6-11(13)15(14-8)10-4-2-9(7-12)3-5-10/h2-6H,13H2,1H3. The molecule has 0 amide bonds. The van der Waals surface area contributed by atoms with Crippen LogP contribution in [0, 0.1) is 18.3 Å². The van der Waals surface area contributed by atoms with E-state index < -0.39 is 0 Å². The highest BCUT2D eigenvalue weighted by Crippen LogP contribution is 2.14. The molecule has 2 N–H and O–H groups in total. The van der Waals surface area contributed by atoms with Gasteiger partial charge in [0.1, 0.15) is 5.82 Å². The van der Waals surface area contributed by atoms with Gasteiger partial charge in [0.05, 0.1) is 23.0 Å². The van der Waals surface area contributed by atoms with Crippen LogP contribution in [0.25, 0.3) is 5.69 Å². The number of nitriles is 1. The minimum Gasteiger partial charge on any atom is -0.384 e. The molecular weight excluding hydrogens is 188 g/mol. The van der Waals surface area contributed by atoms with Gasteiger partial charge in [0.2, 0.25) is 0 Å². The van der Waals surface area contributed by atoms with Crippen molar-refractivity contribution in [2.75, 3.05) is 5.73 Å². The van der Waals surface area contributed by atoms with Crippen LogP contribution in [-0.4, -0.2) is 9.78 Å². The van der Waals surface area contributed by atoms with Crippen LogP contribution in [0.3, 0.4) is 0 Å². The smallest absolute Gasteiger partial charge is 0.127 e. The number of benzene rings is 1. The summed E-state index contributed by atoms with van der Waals surface area (Å²) in [5, 5.41) is 12.9. The van der Waals surface area contributed by atoms with Crippen LogP contribution >= 0.6 is 0 Å². The Morgan fingerprint density at radius 1 is 1.33 bits per heavy atom. The molecule has 0 aliphatic heterocycles. The summed E-state index contributed by atoms with van der Waals surface area (Å²) in [4.78, 5) is 0. The van der Waals surface area contributed by atoms with Crippen LogP contribution in [0.1, 0.15) is 11.3 Å². The zero-order valence-electron chi connectivity index (χ0n) is 8.31. The maximum absolute atomic E-state index is 8.66. The average Bonchev–Trinajstić information content (AvgIpc) is 2.58. The van der Waals surface area contributed by atoms with Gasteiger partial charge >= 0.3 is 0 Å². The predicted octanol–water partition coefficient (Wildman–Crippen LogP) is 1.63. The number of hydrogen-bond donors (Lipinski definition) is 1. The molecule has 0 aliphatic rings. The average molecular weight is 198 g/mol. The number of rotatable bonds is 1. The van der Waals surface area contributed by atoms with E-state index in [1.165, 1.54) is 0 Å². The van der Waals surface area contributed by atoms with Gasteiger partial charge < -0.3 is 5.73 Å². The Kier molecular flexibility index (Phi) is 2.14. The monoisotopic (exact) mass is 198 g/mol. The van der Waals surface area contributed by atoms with E-state index in [1.54, 1.807) is 22.9 Å². The van der Waals surface area contributed by atoms with E-state index >= 15 is 0 Å². The van der Waals surface area contributed by atoms with E-state index in [1.807, 2.05) is 19.1 Å². The summed E-state index contributed by atoms with van der Waals surface area (Å²) in [5.41, 5.74) is 8.14. The van der Waals surface area contributed by atoms with Gasteiger partial charge in [0.25, 0.3) is 0 Å². The summed E-state index contributed by atoms with van der Waals surface area (Å²) in [6.45, 7) is 1.89. The highest BCUT2D eigenvalue weighted by Gasteiger charge is 2.03. The van der Waals surface area contributed by atoms with Crippen molar-refractivity contribution < 1.29 is 0 Å². The van der Waals surface area contributed by atoms with Gasteiger partial charge in [-0.05, 0) is 31.2 Å². The normalized spacial score (nSPS) is 9.87. The van der Waals surface area contributed by atoms with Gasteiger partial charge in [-0.15, -0.1) is 0 Å². The number of aryl methyl sites for hydroxylation is 1. The Hall–Kier alpha value is -2.28. The second-order valence-corrected chi connectivity index (χ2v) is 3.28. The Balaban J connectivity index is 2.46. The van der Waals surface area contributed by atoms with Gasteiger partial charge in [0, 0.05) is 6.07 Å². The summed E-state index contributed by atoms with van der Waals surface area (Å²) in [6, 6.07) is 11.0. The molecule has 0 unspecified atom stereocenters. The second kappa shape index (κ2) is 3.46. The first kappa shape index (κ1) is 9.28. The number of anilines is 1. The quantitative estimate of drug-likeness (QED) is 0.757. The van der Waals surface area contributed by atoms with E-state index in [9.17, 15) is 0 Å². The Labute approximate surface area is 87.6 Å². The van der Waals surface area contributed by atoms with Crippen LogP contribution in [-0.2, 0) is 0 Å². The molecule has 0 atom stereocenters. The maximum atomic E-state index is 8.66. The molecule has 0 saturated carbocycles. The fourth-order valence-corrected chi connectivity index (χ4v) is 1.40. The molecule has 1 heterocycles. The maximum Gasteiger partial charge on any atom is 0.127 e. The minimum absolute atomic E-state index is 0.595. The number of nitrogens with two attached hydrogens (primary N) is 1. The molecule has 0 fully saturated rings. The van der Waals surface area contributed by atoms with Crippen LogP contribution in [0.5, 0.6) is 0 Å². The largest absolute Gasteiger partial charge is 0.384 e. The lowest BCUT2D eigenvalue weighted by Gasteiger charge is -2.02. The van der Waals surface area contributed by atoms with Crippen molar-refractivity contribution in [3.05, 3.63) is 41.6 Å². The second-order valence-electron chi connectivity index (χ2n) is 3.28. The van der Waals surface area contributed by atoms with Crippen molar-refractivity contribution in [3.63, 3.8) is 0 Å².